The van der Waals surface area contributed by atoms with Crippen LogP contribution in [0.15, 0.2) is 71.7 Å². The molecule has 3 heterocycles. The summed E-state index contributed by atoms with van der Waals surface area (Å²) in [7, 11) is 0. The summed E-state index contributed by atoms with van der Waals surface area (Å²) in [6.45, 7) is 3.83. The molecule has 0 unspecified atom stereocenters. The van der Waals surface area contributed by atoms with Crippen LogP contribution in [0.25, 0.3) is 38.5 Å². The Morgan fingerprint density at radius 2 is 1.75 bits per heavy atom. The topological polar surface area (TPSA) is 47.3 Å². The number of rotatable bonds is 3. The number of hydrogen-bond donors (Lipinski definition) is 0. The molecule has 2 aromatic carbocycles. The quantitative estimate of drug-likeness (QED) is 0.340. The molecule has 0 aliphatic heterocycles. The van der Waals surface area contributed by atoms with Gasteiger partial charge in [0.1, 0.15) is 21.6 Å². The van der Waals surface area contributed by atoms with Crippen molar-refractivity contribution in [2.45, 2.75) is 13.8 Å². The van der Waals surface area contributed by atoms with Gasteiger partial charge in [-0.1, -0.05) is 29.5 Å². The molecule has 4 nitrogen and oxygen atoms in total. The van der Waals surface area contributed by atoms with Crippen LogP contribution in [-0.4, -0.2) is 14.6 Å². The monoisotopic (exact) mass is 445 g/mol. The van der Waals surface area contributed by atoms with Gasteiger partial charge in [-0.05, 0) is 55.3 Å². The van der Waals surface area contributed by atoms with Crippen LogP contribution in [0.5, 0.6) is 0 Å². The Hall–Kier alpha value is -3.71. The summed E-state index contributed by atoms with van der Waals surface area (Å²) < 4.78 is 29.7. The predicted molar refractivity (Wildman–Crippen MR) is 123 cm³/mol. The van der Waals surface area contributed by atoms with Crippen LogP contribution in [0.4, 0.5) is 8.78 Å². The van der Waals surface area contributed by atoms with Crippen LogP contribution in [-0.2, 0) is 0 Å². The van der Waals surface area contributed by atoms with Gasteiger partial charge in [0.25, 0.3) is 0 Å². The molecule has 158 valence electrons. The molecule has 5 aromatic rings. The van der Waals surface area contributed by atoms with Crippen LogP contribution >= 0.6 is 11.3 Å². The molecule has 0 spiro atoms. The van der Waals surface area contributed by atoms with Gasteiger partial charge >= 0.3 is 0 Å². The molecule has 0 saturated heterocycles. The van der Waals surface area contributed by atoms with Crippen molar-refractivity contribution in [1.82, 2.24) is 14.6 Å². The van der Waals surface area contributed by atoms with Crippen molar-refractivity contribution in [2.75, 3.05) is 0 Å². The minimum absolute atomic E-state index is 0.143. The number of fused-ring (bicyclic) bond motifs is 1. The van der Waals surface area contributed by atoms with Crippen molar-refractivity contribution in [1.29, 1.82) is 0 Å². The van der Waals surface area contributed by atoms with Gasteiger partial charge in [0.2, 0.25) is 0 Å². The largest absolute Gasteiger partial charge is 0.316 e. The number of pyridine rings is 2. The van der Waals surface area contributed by atoms with E-state index >= 15 is 0 Å². The summed E-state index contributed by atoms with van der Waals surface area (Å²) in [6, 6.07) is 16.1. The van der Waals surface area contributed by atoms with Crippen LogP contribution in [0.1, 0.15) is 10.6 Å². The first-order chi connectivity index (χ1) is 15.4. The summed E-state index contributed by atoms with van der Waals surface area (Å²) in [5.74, 6) is -1.30. The van der Waals surface area contributed by atoms with E-state index < -0.39 is 11.6 Å². The Bertz CT molecular complexity index is 1560. The molecule has 0 aliphatic carbocycles. The highest BCUT2D eigenvalue weighted by molar-refractivity contribution is 7.14. The number of benzene rings is 2. The van der Waals surface area contributed by atoms with Crippen molar-refractivity contribution in [3.8, 4) is 33.0 Å². The van der Waals surface area contributed by atoms with Crippen LogP contribution in [0.2, 0.25) is 0 Å². The smallest absolute Gasteiger partial charge is 0.190 e. The van der Waals surface area contributed by atoms with Crippen molar-refractivity contribution in [3.05, 3.63) is 99.3 Å². The highest BCUT2D eigenvalue weighted by atomic mass is 32.1. The number of aryl methyl sites for hydroxylation is 2. The SMILES string of the molecule is Cc1nnc(-c2ccc(C)c(-c3c(=O)ccn4c(-c5ccc(F)cc5F)cccc34)c2)s1. The molecular weight excluding hydrogens is 428 g/mol. The van der Waals surface area contributed by atoms with E-state index in [2.05, 4.69) is 10.2 Å². The second kappa shape index (κ2) is 7.76. The van der Waals surface area contributed by atoms with Gasteiger partial charge in [-0.2, -0.15) is 0 Å². The fraction of sp³-hybridized carbons (Fsp3) is 0.0800. The molecule has 0 N–H and O–H groups in total. The normalized spacial score (nSPS) is 11.2. The summed E-state index contributed by atoms with van der Waals surface area (Å²) in [6.07, 6.45) is 1.62. The van der Waals surface area contributed by atoms with E-state index in [9.17, 15) is 13.6 Å². The van der Waals surface area contributed by atoms with Crippen LogP contribution in [0.3, 0.4) is 0 Å². The highest BCUT2D eigenvalue weighted by Crippen LogP contribution is 2.33. The Kier molecular flexibility index (Phi) is 4.90. The Morgan fingerprint density at radius 3 is 2.50 bits per heavy atom. The van der Waals surface area contributed by atoms with E-state index in [0.717, 1.165) is 32.8 Å². The van der Waals surface area contributed by atoms with E-state index in [-0.39, 0.29) is 11.0 Å². The molecule has 0 bridgehead atoms. The maximum absolute atomic E-state index is 14.5. The molecule has 0 atom stereocenters. The molecule has 0 amide bonds. The third kappa shape index (κ3) is 3.40. The number of nitrogens with zero attached hydrogens (tertiary/aromatic N) is 3. The molecule has 0 fully saturated rings. The number of hydrogen-bond acceptors (Lipinski definition) is 4. The average molecular weight is 445 g/mol. The predicted octanol–water partition coefficient (Wildman–Crippen LogP) is 6.05. The highest BCUT2D eigenvalue weighted by Gasteiger charge is 2.16. The Morgan fingerprint density at radius 1 is 0.906 bits per heavy atom. The van der Waals surface area contributed by atoms with Crippen LogP contribution in [0, 0.1) is 25.5 Å². The zero-order valence-corrected chi connectivity index (χ0v) is 18.1. The van der Waals surface area contributed by atoms with E-state index in [1.165, 1.54) is 29.5 Å². The summed E-state index contributed by atoms with van der Waals surface area (Å²) in [5, 5.41) is 9.94. The lowest BCUT2D eigenvalue weighted by Crippen LogP contribution is -2.09. The zero-order chi connectivity index (χ0) is 22.4. The van der Waals surface area contributed by atoms with Gasteiger partial charge in [-0.25, -0.2) is 8.78 Å². The third-order valence-corrected chi connectivity index (χ3v) is 6.28. The van der Waals surface area contributed by atoms with Crippen molar-refractivity contribution in [2.24, 2.45) is 0 Å². The molecule has 7 heteroatoms. The maximum atomic E-state index is 14.5. The van der Waals surface area contributed by atoms with E-state index in [1.54, 1.807) is 22.7 Å². The lowest BCUT2D eigenvalue weighted by atomic mass is 9.96. The first-order valence-corrected chi connectivity index (χ1v) is 10.8. The first-order valence-electron chi connectivity index (χ1n) is 9.94. The third-order valence-electron chi connectivity index (χ3n) is 5.39. The van der Waals surface area contributed by atoms with E-state index in [1.807, 2.05) is 38.1 Å². The minimum atomic E-state index is -0.664. The van der Waals surface area contributed by atoms with Gasteiger partial charge in [-0.3, -0.25) is 4.79 Å². The van der Waals surface area contributed by atoms with Gasteiger partial charge in [0.05, 0.1) is 16.8 Å². The fourth-order valence-corrected chi connectivity index (χ4v) is 4.55. The first kappa shape index (κ1) is 20.2. The average Bonchev–Trinajstić information content (AvgIpc) is 3.20. The van der Waals surface area contributed by atoms with E-state index in [4.69, 9.17) is 0 Å². The molecule has 32 heavy (non-hydrogen) atoms. The van der Waals surface area contributed by atoms with Gasteiger partial charge < -0.3 is 4.40 Å². The van der Waals surface area contributed by atoms with Crippen LogP contribution < -0.4 is 5.43 Å². The lowest BCUT2D eigenvalue weighted by molar-refractivity contribution is 0.585. The Balaban J connectivity index is 1.77. The maximum Gasteiger partial charge on any atom is 0.190 e. The molecule has 0 radical (unpaired) electrons. The van der Waals surface area contributed by atoms with Crippen molar-refractivity contribution < 1.29 is 8.78 Å². The van der Waals surface area contributed by atoms with Crippen molar-refractivity contribution >= 4 is 16.9 Å². The minimum Gasteiger partial charge on any atom is -0.316 e. The van der Waals surface area contributed by atoms with Gasteiger partial charge in [0, 0.05) is 29.5 Å². The molecule has 0 aliphatic rings. The number of aromatic nitrogens is 3. The number of halogens is 2. The summed E-state index contributed by atoms with van der Waals surface area (Å²) in [4.78, 5) is 13.0. The molecular formula is C25H17F2N3OS. The standard InChI is InChI=1S/C25H17F2N3OS/c1-14-6-7-16(25-29-28-15(2)32-25)12-19(14)24-22-5-3-4-21(30(22)11-10-23(24)31)18-9-8-17(26)13-20(18)27/h3-13H,1-2H3. The summed E-state index contributed by atoms with van der Waals surface area (Å²) >= 11 is 1.48. The van der Waals surface area contributed by atoms with Gasteiger partial charge in [-0.15, -0.1) is 10.2 Å². The zero-order valence-electron chi connectivity index (χ0n) is 17.3. The second-order valence-electron chi connectivity index (χ2n) is 7.50. The Labute approximate surface area is 186 Å². The second-order valence-corrected chi connectivity index (χ2v) is 8.68. The molecule has 3 aromatic heterocycles. The summed E-state index contributed by atoms with van der Waals surface area (Å²) in [5.41, 5.74) is 4.35. The fourth-order valence-electron chi connectivity index (χ4n) is 3.86. The molecule has 0 saturated carbocycles. The van der Waals surface area contributed by atoms with E-state index in [0.29, 0.717) is 16.8 Å². The lowest BCUT2D eigenvalue weighted by Gasteiger charge is -2.15. The van der Waals surface area contributed by atoms with Crippen molar-refractivity contribution in [3.63, 3.8) is 0 Å². The molecule has 5 rings (SSSR count). The van der Waals surface area contributed by atoms with Gasteiger partial charge in [0.15, 0.2) is 5.43 Å².